The number of hydrogen-bond acceptors (Lipinski definition) is 6. The smallest absolute Gasteiger partial charge is 0.306 e. The van der Waals surface area contributed by atoms with Gasteiger partial charge in [-0.25, -0.2) is 0 Å². The fraction of sp³-hybridized carbons (Fsp3) is 0.904. The van der Waals surface area contributed by atoms with Crippen LogP contribution in [0.15, 0.2) is 24.3 Å². The molecule has 6 heteroatoms. The van der Waals surface area contributed by atoms with Crippen molar-refractivity contribution in [2.24, 2.45) is 0 Å². The highest BCUT2D eigenvalue weighted by atomic mass is 16.6. The molecule has 0 N–H and O–H groups in total. The first kappa shape index (κ1) is 76.9. The molecule has 0 bridgehead atoms. The summed E-state index contributed by atoms with van der Waals surface area (Å²) < 4.78 is 16.9. The Morgan fingerprint density at radius 3 is 0.633 bits per heavy atom. The van der Waals surface area contributed by atoms with Crippen molar-refractivity contribution < 1.29 is 28.6 Å². The Morgan fingerprint density at radius 2 is 0.418 bits per heavy atom. The second-order valence-corrected chi connectivity index (χ2v) is 24.5. The molecule has 0 heterocycles. The van der Waals surface area contributed by atoms with E-state index in [4.69, 9.17) is 14.2 Å². The average molecular weight is 1110 g/mol. The van der Waals surface area contributed by atoms with Crippen LogP contribution in [0.4, 0.5) is 0 Å². The fourth-order valence-electron chi connectivity index (χ4n) is 11.0. The van der Waals surface area contributed by atoms with Crippen LogP contribution in [0.5, 0.6) is 0 Å². The molecule has 0 aromatic rings. The van der Waals surface area contributed by atoms with Crippen molar-refractivity contribution in [3.8, 4) is 0 Å². The normalized spacial score (nSPS) is 12.1. The van der Waals surface area contributed by atoms with Crippen molar-refractivity contribution in [1.82, 2.24) is 0 Å². The second kappa shape index (κ2) is 68.4. The second-order valence-electron chi connectivity index (χ2n) is 24.5. The summed E-state index contributed by atoms with van der Waals surface area (Å²) in [5.74, 6) is -0.850. The van der Waals surface area contributed by atoms with Crippen molar-refractivity contribution in [3.05, 3.63) is 24.3 Å². The molecular formula is C73H138O6. The monoisotopic (exact) mass is 1110 g/mol. The first-order valence-corrected chi connectivity index (χ1v) is 35.8. The Bertz CT molecular complexity index is 1270. The molecule has 0 aliphatic rings. The van der Waals surface area contributed by atoms with Crippen LogP contribution in [0.1, 0.15) is 406 Å². The van der Waals surface area contributed by atoms with Crippen LogP contribution in [0.2, 0.25) is 0 Å². The third-order valence-corrected chi connectivity index (χ3v) is 16.4. The van der Waals surface area contributed by atoms with Gasteiger partial charge in [0, 0.05) is 19.3 Å². The molecule has 0 saturated heterocycles. The van der Waals surface area contributed by atoms with E-state index in [9.17, 15) is 14.4 Å². The molecule has 0 aromatic carbocycles. The van der Waals surface area contributed by atoms with Gasteiger partial charge in [0.25, 0.3) is 0 Å². The zero-order valence-electron chi connectivity index (χ0n) is 53.7. The van der Waals surface area contributed by atoms with Gasteiger partial charge in [-0.2, -0.15) is 0 Å². The number of carbonyl (C=O) groups excluding carboxylic acids is 3. The zero-order valence-corrected chi connectivity index (χ0v) is 53.7. The van der Waals surface area contributed by atoms with Crippen LogP contribution in [-0.2, 0) is 28.6 Å². The molecule has 0 rings (SSSR count). The molecule has 0 spiro atoms. The summed E-state index contributed by atoms with van der Waals surface area (Å²) in [6, 6.07) is 0. The van der Waals surface area contributed by atoms with Gasteiger partial charge in [0.1, 0.15) is 13.2 Å². The summed E-state index contributed by atoms with van der Waals surface area (Å²) in [4.78, 5) is 38.3. The molecule has 0 aliphatic heterocycles. The number of carbonyl (C=O) groups is 3. The van der Waals surface area contributed by atoms with Gasteiger partial charge >= 0.3 is 17.9 Å². The van der Waals surface area contributed by atoms with Crippen LogP contribution in [0.25, 0.3) is 0 Å². The topological polar surface area (TPSA) is 78.9 Å². The molecule has 0 aromatic heterocycles. The lowest BCUT2D eigenvalue weighted by Crippen LogP contribution is -2.30. The van der Waals surface area contributed by atoms with Gasteiger partial charge in [0.05, 0.1) is 0 Å². The summed E-state index contributed by atoms with van der Waals surface area (Å²) in [5, 5.41) is 0. The predicted octanol–water partition coefficient (Wildman–Crippen LogP) is 24.6. The lowest BCUT2D eigenvalue weighted by Gasteiger charge is -2.18. The van der Waals surface area contributed by atoms with E-state index >= 15 is 0 Å². The van der Waals surface area contributed by atoms with Crippen molar-refractivity contribution in [2.45, 2.75) is 412 Å². The van der Waals surface area contributed by atoms with E-state index in [2.05, 4.69) is 45.1 Å². The Labute approximate surface area is 493 Å². The van der Waals surface area contributed by atoms with Crippen molar-refractivity contribution in [1.29, 1.82) is 0 Å². The van der Waals surface area contributed by atoms with Gasteiger partial charge in [0.15, 0.2) is 6.10 Å². The largest absolute Gasteiger partial charge is 0.462 e. The molecule has 1 atom stereocenters. The van der Waals surface area contributed by atoms with Crippen LogP contribution < -0.4 is 0 Å². The van der Waals surface area contributed by atoms with Gasteiger partial charge in [0.2, 0.25) is 0 Å². The predicted molar refractivity (Wildman–Crippen MR) is 344 cm³/mol. The Balaban J connectivity index is 4.00. The number of unbranched alkanes of at least 4 members (excludes halogenated alkanes) is 52. The summed E-state index contributed by atoms with van der Waals surface area (Å²) >= 11 is 0. The summed E-state index contributed by atoms with van der Waals surface area (Å²) in [6.45, 7) is 6.69. The molecule has 466 valence electrons. The number of rotatable bonds is 67. The molecule has 0 radical (unpaired) electrons. The number of esters is 3. The number of hydrogen-bond donors (Lipinski definition) is 0. The maximum atomic E-state index is 12.9. The third-order valence-electron chi connectivity index (χ3n) is 16.4. The van der Waals surface area contributed by atoms with Gasteiger partial charge in [-0.1, -0.05) is 340 Å². The summed E-state index contributed by atoms with van der Waals surface area (Å²) in [5.41, 5.74) is 0. The van der Waals surface area contributed by atoms with Crippen molar-refractivity contribution in [2.75, 3.05) is 13.2 Å². The van der Waals surface area contributed by atoms with E-state index in [-0.39, 0.29) is 31.1 Å². The highest BCUT2D eigenvalue weighted by Gasteiger charge is 2.19. The van der Waals surface area contributed by atoms with Crippen molar-refractivity contribution in [3.63, 3.8) is 0 Å². The Hall–Kier alpha value is -2.11. The first-order valence-electron chi connectivity index (χ1n) is 35.8. The third kappa shape index (κ3) is 66.6. The van der Waals surface area contributed by atoms with Gasteiger partial charge in [-0.15, -0.1) is 0 Å². The van der Waals surface area contributed by atoms with E-state index in [1.165, 1.54) is 302 Å². The molecular weight excluding hydrogens is 973 g/mol. The van der Waals surface area contributed by atoms with E-state index in [0.29, 0.717) is 19.3 Å². The molecule has 0 saturated carbocycles. The van der Waals surface area contributed by atoms with Crippen molar-refractivity contribution >= 4 is 17.9 Å². The maximum absolute atomic E-state index is 12.9. The van der Waals surface area contributed by atoms with Gasteiger partial charge < -0.3 is 14.2 Å². The van der Waals surface area contributed by atoms with E-state index in [1.807, 2.05) is 0 Å². The van der Waals surface area contributed by atoms with Crippen LogP contribution in [0.3, 0.4) is 0 Å². The molecule has 0 fully saturated rings. The quantitative estimate of drug-likeness (QED) is 0.0261. The Morgan fingerprint density at radius 1 is 0.241 bits per heavy atom. The minimum atomic E-state index is -0.771. The molecule has 6 nitrogen and oxygen atoms in total. The average Bonchev–Trinajstić information content (AvgIpc) is 3.45. The van der Waals surface area contributed by atoms with Crippen LogP contribution in [0, 0.1) is 0 Å². The van der Waals surface area contributed by atoms with Crippen LogP contribution in [-0.4, -0.2) is 37.2 Å². The van der Waals surface area contributed by atoms with E-state index < -0.39 is 6.10 Å². The summed E-state index contributed by atoms with van der Waals surface area (Å²) in [6.07, 6.45) is 83.8. The zero-order chi connectivity index (χ0) is 57.1. The van der Waals surface area contributed by atoms with Crippen LogP contribution >= 0.6 is 0 Å². The lowest BCUT2D eigenvalue weighted by molar-refractivity contribution is -0.167. The minimum Gasteiger partial charge on any atom is -0.462 e. The lowest BCUT2D eigenvalue weighted by atomic mass is 10.0. The first-order chi connectivity index (χ1) is 39.0. The fourth-order valence-corrected chi connectivity index (χ4v) is 11.0. The van der Waals surface area contributed by atoms with E-state index in [1.54, 1.807) is 0 Å². The maximum Gasteiger partial charge on any atom is 0.306 e. The Kier molecular flexibility index (Phi) is 66.6. The molecule has 79 heavy (non-hydrogen) atoms. The number of allylic oxidation sites excluding steroid dienone is 4. The highest BCUT2D eigenvalue weighted by molar-refractivity contribution is 5.71. The highest BCUT2D eigenvalue weighted by Crippen LogP contribution is 2.19. The SMILES string of the molecule is CCCCCCCC/C=C\CCCCCCCC(=O)OC(COC(=O)CCCCCCCCCCCCC)COC(=O)CCCCCCCCCCCCCCCCCCCCCCCCC/C=C\CCCCCCCCCC. The molecule has 0 aliphatic carbocycles. The number of ether oxygens (including phenoxy) is 3. The van der Waals surface area contributed by atoms with E-state index in [0.717, 1.165) is 64.2 Å². The van der Waals surface area contributed by atoms with Gasteiger partial charge in [-0.3, -0.25) is 14.4 Å². The standard InChI is InChI=1S/C73H138O6/c1-4-7-10-13-16-19-22-24-26-27-28-29-30-31-32-33-34-35-36-37-38-39-40-41-42-43-44-45-47-48-51-54-57-60-63-66-72(75)78-69-70(68-77-71(74)65-62-59-56-53-50-21-18-15-12-9-6-3)79-73(76)67-64-61-58-55-52-49-46-25-23-20-17-14-11-8-5-2/h25,27-28,46,70H,4-24,26,29-45,47-69H2,1-3H3/b28-27-,46-25-. The molecule has 0 amide bonds. The summed E-state index contributed by atoms with van der Waals surface area (Å²) in [7, 11) is 0. The molecule has 1 unspecified atom stereocenters. The van der Waals surface area contributed by atoms with Gasteiger partial charge in [-0.05, 0) is 70.6 Å². The minimum absolute atomic E-state index is 0.0683.